The second-order valence-corrected chi connectivity index (χ2v) is 17.0. The van der Waals surface area contributed by atoms with E-state index in [0.29, 0.717) is 19.3 Å². The van der Waals surface area contributed by atoms with Gasteiger partial charge in [-0.2, -0.15) is 0 Å². The van der Waals surface area contributed by atoms with Crippen LogP contribution in [0.15, 0.2) is 0 Å². The summed E-state index contributed by atoms with van der Waals surface area (Å²) in [6, 6.07) is 0. The maximum absolute atomic E-state index is 12.7. The van der Waals surface area contributed by atoms with E-state index in [1.54, 1.807) is 0 Å². The van der Waals surface area contributed by atoms with Crippen LogP contribution in [0.2, 0.25) is 0 Å². The normalized spacial score (nSPS) is 12.1. The summed E-state index contributed by atoms with van der Waals surface area (Å²) in [6.07, 6.45) is 38.1. The first-order valence-corrected chi connectivity index (χ1v) is 23.2. The number of carbonyl (C=O) groups is 3. The highest BCUT2D eigenvalue weighted by atomic mass is 16.6. The molecule has 0 saturated carbocycles. The molecule has 314 valence electrons. The molecule has 0 aliphatic carbocycles. The largest absolute Gasteiger partial charge is 0.462 e. The predicted octanol–water partition coefficient (Wildman–Crippen LogP) is 14.6. The minimum atomic E-state index is -0.760. The van der Waals surface area contributed by atoms with Gasteiger partial charge >= 0.3 is 17.9 Å². The number of esters is 3. The Bertz CT molecular complexity index is 809. The first-order chi connectivity index (χ1) is 25.7. The molecule has 0 amide bonds. The standard InChI is InChI=1S/C47H90O6/c1-6-7-8-9-10-11-18-22-29-34-39-47(50)53-44(41-52-46(49)38-33-28-24-23-26-31-36-43(4)5)40-51-45(48)37-32-27-21-19-16-14-12-13-15-17-20-25-30-35-42(2)3/h42-44H,6-41H2,1-5H3/t44-/m0/s1. The maximum atomic E-state index is 12.7. The number of ether oxygens (including phenoxy) is 3. The summed E-state index contributed by atoms with van der Waals surface area (Å²) in [5.74, 6) is 0.742. The quantitative estimate of drug-likeness (QED) is 0.0352. The predicted molar refractivity (Wildman–Crippen MR) is 224 cm³/mol. The van der Waals surface area contributed by atoms with Gasteiger partial charge in [-0.05, 0) is 31.1 Å². The van der Waals surface area contributed by atoms with Crippen molar-refractivity contribution >= 4 is 17.9 Å². The van der Waals surface area contributed by atoms with Crippen molar-refractivity contribution in [3.8, 4) is 0 Å². The molecule has 0 aromatic carbocycles. The summed E-state index contributed by atoms with van der Waals surface area (Å²) in [4.78, 5) is 37.6. The molecule has 6 heteroatoms. The zero-order valence-corrected chi connectivity index (χ0v) is 36.1. The lowest BCUT2D eigenvalue weighted by Gasteiger charge is -2.18. The molecule has 0 radical (unpaired) electrons. The average molecular weight is 751 g/mol. The van der Waals surface area contributed by atoms with Gasteiger partial charge in [0.05, 0.1) is 0 Å². The van der Waals surface area contributed by atoms with Crippen molar-refractivity contribution in [3.63, 3.8) is 0 Å². The molecule has 0 aromatic heterocycles. The third-order valence-electron chi connectivity index (χ3n) is 10.5. The van der Waals surface area contributed by atoms with E-state index < -0.39 is 6.10 Å². The number of unbranched alkanes of at least 4 members (excludes halogenated alkanes) is 26. The van der Waals surface area contributed by atoms with E-state index in [-0.39, 0.29) is 31.1 Å². The Balaban J connectivity index is 4.26. The molecule has 0 aromatic rings. The fraction of sp³-hybridized carbons (Fsp3) is 0.936. The van der Waals surface area contributed by atoms with Crippen molar-refractivity contribution in [1.82, 2.24) is 0 Å². The van der Waals surface area contributed by atoms with Crippen LogP contribution in [0.4, 0.5) is 0 Å². The smallest absolute Gasteiger partial charge is 0.306 e. The maximum Gasteiger partial charge on any atom is 0.306 e. The summed E-state index contributed by atoms with van der Waals surface area (Å²) >= 11 is 0. The van der Waals surface area contributed by atoms with Crippen LogP contribution >= 0.6 is 0 Å². The van der Waals surface area contributed by atoms with Crippen molar-refractivity contribution < 1.29 is 28.6 Å². The highest BCUT2D eigenvalue weighted by Crippen LogP contribution is 2.16. The van der Waals surface area contributed by atoms with E-state index in [1.165, 1.54) is 141 Å². The van der Waals surface area contributed by atoms with Crippen LogP contribution in [0.25, 0.3) is 0 Å². The Kier molecular flexibility index (Phi) is 38.9. The van der Waals surface area contributed by atoms with E-state index in [0.717, 1.165) is 69.6 Å². The molecule has 0 heterocycles. The lowest BCUT2D eigenvalue weighted by atomic mass is 10.0. The van der Waals surface area contributed by atoms with Crippen LogP contribution in [-0.2, 0) is 28.6 Å². The molecule has 6 nitrogen and oxygen atoms in total. The Morgan fingerprint density at radius 1 is 0.358 bits per heavy atom. The van der Waals surface area contributed by atoms with Crippen LogP contribution in [0.3, 0.4) is 0 Å². The van der Waals surface area contributed by atoms with Gasteiger partial charge < -0.3 is 14.2 Å². The molecule has 1 atom stereocenters. The monoisotopic (exact) mass is 751 g/mol. The second kappa shape index (κ2) is 40.1. The molecule has 0 N–H and O–H groups in total. The Morgan fingerprint density at radius 3 is 0.925 bits per heavy atom. The van der Waals surface area contributed by atoms with Crippen LogP contribution in [0.1, 0.15) is 253 Å². The fourth-order valence-corrected chi connectivity index (χ4v) is 6.93. The molecule has 0 spiro atoms. The van der Waals surface area contributed by atoms with E-state index in [4.69, 9.17) is 14.2 Å². The van der Waals surface area contributed by atoms with E-state index in [2.05, 4.69) is 34.6 Å². The molecule has 0 rings (SSSR count). The van der Waals surface area contributed by atoms with Crippen molar-refractivity contribution in [2.75, 3.05) is 13.2 Å². The first-order valence-electron chi connectivity index (χ1n) is 23.2. The van der Waals surface area contributed by atoms with Crippen LogP contribution in [-0.4, -0.2) is 37.2 Å². The van der Waals surface area contributed by atoms with E-state index in [9.17, 15) is 14.4 Å². The minimum Gasteiger partial charge on any atom is -0.462 e. The summed E-state index contributed by atoms with van der Waals surface area (Å²) in [5.41, 5.74) is 0. The van der Waals surface area contributed by atoms with Gasteiger partial charge in [-0.25, -0.2) is 0 Å². The van der Waals surface area contributed by atoms with Crippen LogP contribution in [0.5, 0.6) is 0 Å². The molecule has 0 aliphatic rings. The van der Waals surface area contributed by atoms with Gasteiger partial charge in [0.25, 0.3) is 0 Å². The van der Waals surface area contributed by atoms with Gasteiger partial charge in [0.15, 0.2) is 6.10 Å². The topological polar surface area (TPSA) is 78.9 Å². The number of hydrogen-bond donors (Lipinski definition) is 0. The van der Waals surface area contributed by atoms with Crippen molar-refractivity contribution in [1.29, 1.82) is 0 Å². The Morgan fingerprint density at radius 2 is 0.623 bits per heavy atom. The molecule has 0 saturated heterocycles. The van der Waals surface area contributed by atoms with Gasteiger partial charge in [-0.3, -0.25) is 14.4 Å². The van der Waals surface area contributed by atoms with Crippen molar-refractivity contribution in [2.45, 2.75) is 259 Å². The zero-order chi connectivity index (χ0) is 39.0. The van der Waals surface area contributed by atoms with Gasteiger partial charge in [0, 0.05) is 19.3 Å². The van der Waals surface area contributed by atoms with Gasteiger partial charge in [-0.15, -0.1) is 0 Å². The molecule has 0 unspecified atom stereocenters. The minimum absolute atomic E-state index is 0.0653. The highest BCUT2D eigenvalue weighted by molar-refractivity contribution is 5.71. The van der Waals surface area contributed by atoms with Gasteiger partial charge in [-0.1, -0.05) is 214 Å². The molecular formula is C47H90O6. The SMILES string of the molecule is CCCCCCCCCCCCC(=O)O[C@@H](COC(=O)CCCCCCCCCCCCCCCC(C)C)COC(=O)CCCCCCCCC(C)C. The highest BCUT2D eigenvalue weighted by Gasteiger charge is 2.19. The molecular weight excluding hydrogens is 661 g/mol. The number of carbonyl (C=O) groups excluding carboxylic acids is 3. The zero-order valence-electron chi connectivity index (χ0n) is 36.1. The summed E-state index contributed by atoms with van der Waals surface area (Å²) in [7, 11) is 0. The van der Waals surface area contributed by atoms with Crippen molar-refractivity contribution in [3.05, 3.63) is 0 Å². The van der Waals surface area contributed by atoms with Crippen molar-refractivity contribution in [2.24, 2.45) is 11.8 Å². The second-order valence-electron chi connectivity index (χ2n) is 17.0. The van der Waals surface area contributed by atoms with Gasteiger partial charge in [0.1, 0.15) is 13.2 Å². The third kappa shape index (κ3) is 41.4. The third-order valence-corrected chi connectivity index (χ3v) is 10.5. The van der Waals surface area contributed by atoms with E-state index >= 15 is 0 Å². The number of rotatable bonds is 41. The molecule has 53 heavy (non-hydrogen) atoms. The van der Waals surface area contributed by atoms with Gasteiger partial charge in [0.2, 0.25) is 0 Å². The molecule has 0 bridgehead atoms. The summed E-state index contributed by atoms with van der Waals surface area (Å²) in [5, 5.41) is 0. The lowest BCUT2D eigenvalue weighted by molar-refractivity contribution is -0.167. The average Bonchev–Trinajstić information content (AvgIpc) is 3.12. The van der Waals surface area contributed by atoms with Crippen LogP contribution in [0, 0.1) is 11.8 Å². The fourth-order valence-electron chi connectivity index (χ4n) is 6.93. The summed E-state index contributed by atoms with van der Waals surface area (Å²) in [6.45, 7) is 11.3. The summed E-state index contributed by atoms with van der Waals surface area (Å²) < 4.78 is 16.7. The molecule has 0 fully saturated rings. The van der Waals surface area contributed by atoms with Crippen LogP contribution < -0.4 is 0 Å². The lowest BCUT2D eigenvalue weighted by Crippen LogP contribution is -2.30. The number of hydrogen-bond acceptors (Lipinski definition) is 6. The van der Waals surface area contributed by atoms with E-state index in [1.807, 2.05) is 0 Å². The first kappa shape index (κ1) is 51.4. The Hall–Kier alpha value is -1.59. The molecule has 0 aliphatic heterocycles. The Labute approximate surface area is 329 Å².